The Bertz CT molecular complexity index is 1140. The molecular formula is C24H29N3O6S. The Hall–Kier alpha value is -3.24. The first-order valence-corrected chi connectivity index (χ1v) is 12.6. The third kappa shape index (κ3) is 6.00. The van der Waals surface area contributed by atoms with Crippen LogP contribution in [0.1, 0.15) is 35.3 Å². The highest BCUT2D eigenvalue weighted by atomic mass is 32.2. The van der Waals surface area contributed by atoms with Crippen molar-refractivity contribution >= 4 is 27.8 Å². The van der Waals surface area contributed by atoms with Gasteiger partial charge < -0.3 is 15.0 Å². The monoisotopic (exact) mass is 487 g/mol. The Balaban J connectivity index is 1.46. The van der Waals surface area contributed by atoms with Gasteiger partial charge in [0, 0.05) is 31.7 Å². The van der Waals surface area contributed by atoms with E-state index in [4.69, 9.17) is 4.74 Å². The van der Waals surface area contributed by atoms with E-state index in [9.17, 15) is 22.8 Å². The molecule has 1 N–H and O–H groups in total. The highest BCUT2D eigenvalue weighted by Crippen LogP contribution is 2.18. The maximum Gasteiger partial charge on any atom is 0.325 e. The fraction of sp³-hybridized carbons (Fsp3) is 0.375. The van der Waals surface area contributed by atoms with Gasteiger partial charge in [0.15, 0.2) is 6.61 Å². The molecule has 0 aromatic heterocycles. The van der Waals surface area contributed by atoms with Crippen molar-refractivity contribution in [1.29, 1.82) is 0 Å². The molecule has 1 aliphatic heterocycles. The van der Waals surface area contributed by atoms with Gasteiger partial charge in [-0.2, -0.15) is 4.31 Å². The number of carbonyl (C=O) groups is 3. The van der Waals surface area contributed by atoms with E-state index in [-0.39, 0.29) is 16.4 Å². The van der Waals surface area contributed by atoms with Gasteiger partial charge in [0.1, 0.15) is 6.54 Å². The number of hydrogen-bond donors (Lipinski definition) is 1. The molecule has 0 aliphatic carbocycles. The number of hydrogen-bond acceptors (Lipinski definition) is 6. The molecule has 2 amide bonds. The minimum atomic E-state index is -3.62. The van der Waals surface area contributed by atoms with Gasteiger partial charge in [-0.25, -0.2) is 8.42 Å². The molecule has 2 aromatic carbocycles. The zero-order chi connectivity index (χ0) is 24.7. The van der Waals surface area contributed by atoms with Gasteiger partial charge in [-0.05, 0) is 41.8 Å². The Morgan fingerprint density at radius 3 is 2.29 bits per heavy atom. The zero-order valence-electron chi connectivity index (χ0n) is 19.3. The maximum absolute atomic E-state index is 12.5. The summed E-state index contributed by atoms with van der Waals surface area (Å²) in [6.45, 7) is 4.42. The average molecular weight is 488 g/mol. The van der Waals surface area contributed by atoms with Crippen LogP contribution in [0.5, 0.6) is 0 Å². The summed E-state index contributed by atoms with van der Waals surface area (Å²) in [6, 6.07) is 13.4. The predicted octanol–water partition coefficient (Wildman–Crippen LogP) is 1.58. The molecule has 0 saturated carbocycles. The van der Waals surface area contributed by atoms with Crippen LogP contribution in [0.25, 0.3) is 0 Å². The maximum atomic E-state index is 12.5. The zero-order valence-corrected chi connectivity index (χ0v) is 20.1. The fourth-order valence-electron chi connectivity index (χ4n) is 3.74. The lowest BCUT2D eigenvalue weighted by molar-refractivity contribution is -0.151. The molecule has 2 aromatic rings. The van der Waals surface area contributed by atoms with Gasteiger partial charge in [-0.15, -0.1) is 0 Å². The molecule has 182 valence electrons. The molecule has 0 unspecified atom stereocenters. The molecule has 0 atom stereocenters. The molecule has 9 nitrogen and oxygen atoms in total. The smallest absolute Gasteiger partial charge is 0.325 e. The summed E-state index contributed by atoms with van der Waals surface area (Å²) < 4.78 is 31.4. The highest BCUT2D eigenvalue weighted by Gasteiger charge is 2.23. The second kappa shape index (κ2) is 11.3. The summed E-state index contributed by atoms with van der Waals surface area (Å²) in [5.41, 5.74) is 2.50. The van der Waals surface area contributed by atoms with E-state index in [0.717, 1.165) is 12.0 Å². The van der Waals surface area contributed by atoms with Gasteiger partial charge in [-0.1, -0.05) is 38.1 Å². The van der Waals surface area contributed by atoms with E-state index < -0.39 is 35.1 Å². The van der Waals surface area contributed by atoms with Crippen LogP contribution in [0, 0.1) is 0 Å². The first-order valence-electron chi connectivity index (χ1n) is 11.1. The number of amides is 2. The number of nitrogens with one attached hydrogen (secondary N) is 1. The average Bonchev–Trinajstić information content (AvgIpc) is 2.86. The number of carbonyl (C=O) groups excluding carboxylic acids is 3. The lowest BCUT2D eigenvalue weighted by atomic mass is 10.00. The minimum Gasteiger partial charge on any atom is -0.454 e. The summed E-state index contributed by atoms with van der Waals surface area (Å²) in [4.78, 5) is 38.4. The van der Waals surface area contributed by atoms with Crippen molar-refractivity contribution in [2.45, 2.75) is 31.7 Å². The van der Waals surface area contributed by atoms with Crippen LogP contribution in [0.15, 0.2) is 53.4 Å². The number of rotatable bonds is 9. The van der Waals surface area contributed by atoms with Crippen LogP contribution in [-0.2, 0) is 37.3 Å². The molecule has 10 heteroatoms. The van der Waals surface area contributed by atoms with E-state index >= 15 is 0 Å². The van der Waals surface area contributed by atoms with E-state index in [2.05, 4.69) is 5.32 Å². The molecule has 0 bridgehead atoms. The van der Waals surface area contributed by atoms with Gasteiger partial charge in [-0.3, -0.25) is 14.4 Å². The number of esters is 1. The van der Waals surface area contributed by atoms with Crippen LogP contribution >= 0.6 is 0 Å². The summed E-state index contributed by atoms with van der Waals surface area (Å²) in [7, 11) is -3.62. The largest absolute Gasteiger partial charge is 0.454 e. The molecule has 1 heterocycles. The molecular weight excluding hydrogens is 458 g/mol. The van der Waals surface area contributed by atoms with Gasteiger partial charge >= 0.3 is 5.97 Å². The van der Waals surface area contributed by atoms with Crippen molar-refractivity contribution in [3.05, 3.63) is 65.2 Å². The minimum absolute atomic E-state index is 0.0889. The molecule has 3 rings (SSSR count). The lowest BCUT2D eigenvalue weighted by Crippen LogP contribution is -2.39. The Labute approximate surface area is 199 Å². The summed E-state index contributed by atoms with van der Waals surface area (Å²) >= 11 is 0. The first-order chi connectivity index (χ1) is 16.3. The lowest BCUT2D eigenvalue weighted by Gasteiger charge is -2.28. The van der Waals surface area contributed by atoms with E-state index in [0.29, 0.717) is 26.2 Å². The number of ether oxygens (including phenoxy) is 1. The third-order valence-electron chi connectivity index (χ3n) is 5.69. The van der Waals surface area contributed by atoms with E-state index in [1.807, 2.05) is 24.3 Å². The quantitative estimate of drug-likeness (QED) is 0.538. The van der Waals surface area contributed by atoms with E-state index in [1.165, 1.54) is 34.1 Å². The number of nitrogens with zero attached hydrogens (tertiary/aromatic N) is 2. The van der Waals surface area contributed by atoms with Crippen molar-refractivity contribution in [3.8, 4) is 0 Å². The fourth-order valence-corrected chi connectivity index (χ4v) is 5.20. The molecule has 0 saturated heterocycles. The first kappa shape index (κ1) is 25.4. The Kier molecular flexibility index (Phi) is 8.41. The normalized spacial score (nSPS) is 13.3. The van der Waals surface area contributed by atoms with Gasteiger partial charge in [0.25, 0.3) is 11.8 Å². The van der Waals surface area contributed by atoms with Crippen LogP contribution < -0.4 is 5.32 Å². The summed E-state index contributed by atoms with van der Waals surface area (Å²) in [5, 5.41) is 2.42. The van der Waals surface area contributed by atoms with Crippen molar-refractivity contribution in [2.24, 2.45) is 0 Å². The van der Waals surface area contributed by atoms with Crippen LogP contribution in [0.2, 0.25) is 0 Å². The third-order valence-corrected chi connectivity index (χ3v) is 7.76. The second-order valence-electron chi connectivity index (χ2n) is 7.79. The second-order valence-corrected chi connectivity index (χ2v) is 9.73. The summed E-state index contributed by atoms with van der Waals surface area (Å²) in [5.74, 6) is -1.58. The molecule has 1 aliphatic rings. The van der Waals surface area contributed by atoms with Crippen molar-refractivity contribution in [2.75, 3.05) is 32.8 Å². The standard InChI is InChI=1S/C24H29N3O6S/c1-3-27(4-2)34(31,32)21-11-9-19(10-12-21)24(30)25-15-23(29)33-17-22(28)26-14-13-18-7-5-6-8-20(18)16-26/h5-12H,3-4,13-17H2,1-2H3,(H,25,30). The van der Waals surface area contributed by atoms with Gasteiger partial charge in [0.05, 0.1) is 4.90 Å². The van der Waals surface area contributed by atoms with E-state index in [1.54, 1.807) is 18.7 Å². The Morgan fingerprint density at radius 2 is 1.65 bits per heavy atom. The highest BCUT2D eigenvalue weighted by molar-refractivity contribution is 7.89. The van der Waals surface area contributed by atoms with Gasteiger partial charge in [0.2, 0.25) is 10.0 Å². The van der Waals surface area contributed by atoms with Crippen LogP contribution in [-0.4, -0.2) is 68.2 Å². The Morgan fingerprint density at radius 1 is 1.00 bits per heavy atom. The number of benzene rings is 2. The molecule has 0 fully saturated rings. The molecule has 34 heavy (non-hydrogen) atoms. The van der Waals surface area contributed by atoms with Crippen LogP contribution in [0.4, 0.5) is 0 Å². The SMILES string of the molecule is CCN(CC)S(=O)(=O)c1ccc(C(=O)NCC(=O)OCC(=O)N2CCc3ccccc3C2)cc1. The van der Waals surface area contributed by atoms with Crippen molar-refractivity contribution in [1.82, 2.24) is 14.5 Å². The number of fused-ring (bicyclic) bond motifs is 1. The van der Waals surface area contributed by atoms with Crippen molar-refractivity contribution in [3.63, 3.8) is 0 Å². The van der Waals surface area contributed by atoms with Crippen LogP contribution in [0.3, 0.4) is 0 Å². The number of sulfonamides is 1. The molecule has 0 radical (unpaired) electrons. The summed E-state index contributed by atoms with van der Waals surface area (Å²) in [6.07, 6.45) is 0.751. The molecule has 0 spiro atoms. The topological polar surface area (TPSA) is 113 Å². The predicted molar refractivity (Wildman–Crippen MR) is 125 cm³/mol. The van der Waals surface area contributed by atoms with Crippen molar-refractivity contribution < 1.29 is 27.5 Å².